The molecule has 4 heteroatoms. The summed E-state index contributed by atoms with van der Waals surface area (Å²) < 4.78 is 5.99. The zero-order valence-electron chi connectivity index (χ0n) is 15.0. The van der Waals surface area contributed by atoms with Gasteiger partial charge in [-0.1, -0.05) is 30.7 Å². The first-order chi connectivity index (χ1) is 12.9. The summed E-state index contributed by atoms with van der Waals surface area (Å²) in [6, 6.07) is 17.4. The summed E-state index contributed by atoms with van der Waals surface area (Å²) in [5.74, 6) is 1.30. The van der Waals surface area contributed by atoms with Crippen LogP contribution in [0.1, 0.15) is 40.5 Å². The number of ether oxygens (including phenoxy) is 1. The molecule has 1 aliphatic heterocycles. The van der Waals surface area contributed by atoms with Crippen LogP contribution in [0.4, 0.5) is 0 Å². The normalized spacial score (nSPS) is 15.4. The zero-order chi connectivity index (χ0) is 17.6. The zero-order valence-corrected chi connectivity index (χ0v) is 16.6. The number of nitrogens with zero attached hydrogens (tertiary/aromatic N) is 1. The molecule has 0 saturated carbocycles. The van der Waals surface area contributed by atoms with Crippen molar-refractivity contribution in [3.63, 3.8) is 0 Å². The Morgan fingerprint density at radius 3 is 2.08 bits per heavy atom. The maximum absolute atomic E-state index is 5.99. The second kappa shape index (κ2) is 8.85. The number of piperidine rings is 1. The lowest BCUT2D eigenvalue weighted by molar-refractivity contribution is 0.183. The Morgan fingerprint density at radius 1 is 0.846 bits per heavy atom. The van der Waals surface area contributed by atoms with Crippen LogP contribution in [0.15, 0.2) is 59.3 Å². The molecule has 0 unspecified atom stereocenters. The van der Waals surface area contributed by atoms with Crippen molar-refractivity contribution >= 4 is 22.7 Å². The quantitative estimate of drug-likeness (QED) is 0.507. The van der Waals surface area contributed by atoms with Crippen molar-refractivity contribution < 1.29 is 4.74 Å². The predicted molar refractivity (Wildman–Crippen MR) is 112 cm³/mol. The van der Waals surface area contributed by atoms with Gasteiger partial charge in [0.2, 0.25) is 0 Å². The number of benzene rings is 1. The number of hydrogen-bond donors (Lipinski definition) is 0. The number of rotatable bonds is 7. The second-order valence-corrected chi connectivity index (χ2v) is 8.74. The van der Waals surface area contributed by atoms with Gasteiger partial charge in [-0.25, -0.2) is 0 Å². The Morgan fingerprint density at radius 2 is 1.50 bits per heavy atom. The minimum atomic E-state index is 0.331. The maximum Gasteiger partial charge on any atom is 0.119 e. The van der Waals surface area contributed by atoms with E-state index in [0.717, 1.165) is 18.9 Å². The smallest absolute Gasteiger partial charge is 0.119 e. The van der Waals surface area contributed by atoms with Gasteiger partial charge in [0, 0.05) is 16.3 Å². The molecule has 4 rings (SSSR count). The summed E-state index contributed by atoms with van der Waals surface area (Å²) in [4.78, 5) is 5.30. The molecule has 1 aliphatic rings. The van der Waals surface area contributed by atoms with Gasteiger partial charge in [-0.3, -0.25) is 4.90 Å². The molecule has 1 saturated heterocycles. The predicted octanol–water partition coefficient (Wildman–Crippen LogP) is 5.85. The summed E-state index contributed by atoms with van der Waals surface area (Å²) >= 11 is 3.66. The molecule has 0 amide bonds. The Balaban J connectivity index is 1.41. The van der Waals surface area contributed by atoms with Crippen LogP contribution >= 0.6 is 22.7 Å². The largest absolute Gasteiger partial charge is 0.492 e. The average Bonchev–Trinajstić information content (AvgIpc) is 3.39. The number of hydrogen-bond acceptors (Lipinski definition) is 4. The summed E-state index contributed by atoms with van der Waals surface area (Å²) in [7, 11) is 0. The van der Waals surface area contributed by atoms with Gasteiger partial charge in [0.05, 0.1) is 5.92 Å². The van der Waals surface area contributed by atoms with E-state index in [4.69, 9.17) is 4.74 Å². The Hall–Kier alpha value is -1.62. The first-order valence-electron chi connectivity index (χ1n) is 9.42. The molecule has 0 N–H and O–H groups in total. The molecule has 0 bridgehead atoms. The van der Waals surface area contributed by atoms with E-state index in [1.165, 1.54) is 47.7 Å². The van der Waals surface area contributed by atoms with Gasteiger partial charge in [0.25, 0.3) is 0 Å². The molecule has 26 heavy (non-hydrogen) atoms. The molecular formula is C22H25NOS2. The fraction of sp³-hybridized carbons (Fsp3) is 0.364. The summed E-state index contributed by atoms with van der Waals surface area (Å²) in [6.07, 6.45) is 4.05. The molecule has 1 aromatic carbocycles. The van der Waals surface area contributed by atoms with Gasteiger partial charge in [0.15, 0.2) is 0 Å². The van der Waals surface area contributed by atoms with E-state index in [2.05, 4.69) is 64.2 Å². The molecule has 0 spiro atoms. The highest BCUT2D eigenvalue weighted by Gasteiger charge is 2.18. The van der Waals surface area contributed by atoms with Crippen molar-refractivity contribution in [2.45, 2.75) is 25.2 Å². The van der Waals surface area contributed by atoms with Crippen LogP contribution in [0.2, 0.25) is 0 Å². The van der Waals surface area contributed by atoms with Gasteiger partial charge in [-0.05, 0) is 66.5 Å². The fourth-order valence-electron chi connectivity index (χ4n) is 3.61. The summed E-state index contributed by atoms with van der Waals surface area (Å²) in [6.45, 7) is 4.27. The molecule has 0 radical (unpaired) electrons. The third-order valence-corrected chi connectivity index (χ3v) is 6.87. The Labute approximate surface area is 164 Å². The van der Waals surface area contributed by atoms with Crippen molar-refractivity contribution in [2.24, 2.45) is 0 Å². The van der Waals surface area contributed by atoms with Crippen molar-refractivity contribution in [1.82, 2.24) is 4.90 Å². The molecule has 1 fully saturated rings. The van der Waals surface area contributed by atoms with Crippen molar-refractivity contribution in [3.05, 3.63) is 74.6 Å². The highest BCUT2D eigenvalue weighted by atomic mass is 32.1. The molecule has 2 nitrogen and oxygen atoms in total. The van der Waals surface area contributed by atoms with Gasteiger partial charge in [-0.2, -0.15) is 0 Å². The minimum Gasteiger partial charge on any atom is -0.492 e. The minimum absolute atomic E-state index is 0.331. The van der Waals surface area contributed by atoms with E-state index in [0.29, 0.717) is 5.92 Å². The SMILES string of the molecule is c1csc(C(c2ccc(OCCN3CCCCC3)cc2)c2cccs2)c1. The molecular weight excluding hydrogens is 358 g/mol. The van der Waals surface area contributed by atoms with Crippen LogP contribution in [-0.4, -0.2) is 31.1 Å². The van der Waals surface area contributed by atoms with Crippen LogP contribution in [0.3, 0.4) is 0 Å². The standard InChI is InChI=1S/C22H25NOS2/c1-2-12-23(13-3-1)14-15-24-19-10-8-18(9-11-19)22(20-6-4-16-25-20)21-7-5-17-26-21/h4-11,16-17,22H,1-3,12-15H2. The topological polar surface area (TPSA) is 12.5 Å². The summed E-state index contributed by atoms with van der Waals surface area (Å²) in [5, 5.41) is 4.32. The third kappa shape index (κ3) is 4.37. The van der Waals surface area contributed by atoms with Gasteiger partial charge in [0.1, 0.15) is 12.4 Å². The highest BCUT2D eigenvalue weighted by molar-refractivity contribution is 7.11. The Kier molecular flexibility index (Phi) is 6.05. The molecule has 2 aromatic heterocycles. The van der Waals surface area contributed by atoms with Crippen LogP contribution in [-0.2, 0) is 0 Å². The highest BCUT2D eigenvalue weighted by Crippen LogP contribution is 2.37. The maximum atomic E-state index is 5.99. The lowest BCUT2D eigenvalue weighted by Crippen LogP contribution is -2.33. The molecule has 3 heterocycles. The lowest BCUT2D eigenvalue weighted by atomic mass is 9.96. The molecule has 136 valence electrons. The van der Waals surface area contributed by atoms with Crippen LogP contribution in [0, 0.1) is 0 Å². The lowest BCUT2D eigenvalue weighted by Gasteiger charge is -2.26. The van der Waals surface area contributed by atoms with Crippen molar-refractivity contribution in [1.29, 1.82) is 0 Å². The number of likely N-dealkylation sites (tertiary alicyclic amines) is 1. The van der Waals surface area contributed by atoms with Gasteiger partial charge < -0.3 is 4.74 Å². The van der Waals surface area contributed by atoms with Gasteiger partial charge >= 0.3 is 0 Å². The van der Waals surface area contributed by atoms with Crippen LogP contribution < -0.4 is 4.74 Å². The second-order valence-electron chi connectivity index (χ2n) is 6.78. The Bertz CT molecular complexity index is 725. The van der Waals surface area contributed by atoms with E-state index in [1.54, 1.807) is 0 Å². The molecule has 0 aliphatic carbocycles. The molecule has 3 aromatic rings. The molecule has 0 atom stereocenters. The van der Waals surface area contributed by atoms with E-state index in [1.807, 2.05) is 22.7 Å². The van der Waals surface area contributed by atoms with E-state index in [-0.39, 0.29) is 0 Å². The van der Waals surface area contributed by atoms with E-state index in [9.17, 15) is 0 Å². The van der Waals surface area contributed by atoms with Gasteiger partial charge in [-0.15, -0.1) is 22.7 Å². The van der Waals surface area contributed by atoms with E-state index >= 15 is 0 Å². The van der Waals surface area contributed by atoms with Crippen LogP contribution in [0.25, 0.3) is 0 Å². The first-order valence-corrected chi connectivity index (χ1v) is 11.2. The fourth-order valence-corrected chi connectivity index (χ4v) is 5.43. The number of thiophene rings is 2. The van der Waals surface area contributed by atoms with Crippen molar-refractivity contribution in [3.8, 4) is 5.75 Å². The van der Waals surface area contributed by atoms with Crippen LogP contribution in [0.5, 0.6) is 5.75 Å². The van der Waals surface area contributed by atoms with Crippen molar-refractivity contribution in [2.75, 3.05) is 26.2 Å². The monoisotopic (exact) mass is 383 g/mol. The summed E-state index contributed by atoms with van der Waals surface area (Å²) in [5.41, 5.74) is 1.33. The first kappa shape index (κ1) is 17.8. The average molecular weight is 384 g/mol. The van der Waals surface area contributed by atoms with E-state index < -0.39 is 0 Å². The third-order valence-electron chi connectivity index (χ3n) is 4.99.